The van der Waals surface area contributed by atoms with Crippen LogP contribution in [0.3, 0.4) is 0 Å². The van der Waals surface area contributed by atoms with Gasteiger partial charge in [0.25, 0.3) is 5.56 Å². The maximum atomic E-state index is 13.3. The number of alkyl halides is 3. The molecular weight excluding hydrogens is 513 g/mol. The number of ether oxygens (including phenoxy) is 2. The highest BCUT2D eigenvalue weighted by Gasteiger charge is 2.41. The summed E-state index contributed by atoms with van der Waals surface area (Å²) in [5.74, 6) is 0.0671. The Bertz CT molecular complexity index is 1280. The number of fused-ring (bicyclic) bond motifs is 2. The highest BCUT2D eigenvalue weighted by atomic mass is 19.4. The van der Waals surface area contributed by atoms with Gasteiger partial charge in [-0.3, -0.25) is 24.4 Å². The minimum Gasteiger partial charge on any atom is -0.380 e. The van der Waals surface area contributed by atoms with E-state index in [0.717, 1.165) is 45.0 Å². The molecular formula is C28H33F3N4O4. The Hall–Kier alpha value is -2.60. The second kappa shape index (κ2) is 10.8. The first-order chi connectivity index (χ1) is 18.7. The summed E-state index contributed by atoms with van der Waals surface area (Å²) >= 11 is 0. The van der Waals surface area contributed by atoms with Crippen molar-refractivity contribution in [2.45, 2.75) is 63.2 Å². The Morgan fingerprint density at radius 1 is 1.18 bits per heavy atom. The zero-order valence-corrected chi connectivity index (χ0v) is 21.7. The monoisotopic (exact) mass is 546 g/mol. The van der Waals surface area contributed by atoms with E-state index >= 15 is 0 Å². The Balaban J connectivity index is 1.12. The lowest BCUT2D eigenvalue weighted by atomic mass is 9.98. The third-order valence-electron chi connectivity index (χ3n) is 8.59. The number of pyridine rings is 2. The topological polar surface area (TPSA) is 76.9 Å². The Morgan fingerprint density at radius 2 is 2.05 bits per heavy atom. The number of hydrogen-bond donors (Lipinski definition) is 0. The van der Waals surface area contributed by atoms with E-state index in [1.165, 1.54) is 15.7 Å². The Morgan fingerprint density at radius 3 is 2.85 bits per heavy atom. The van der Waals surface area contributed by atoms with Gasteiger partial charge in [0.05, 0.1) is 30.9 Å². The first kappa shape index (κ1) is 26.6. The van der Waals surface area contributed by atoms with Crippen molar-refractivity contribution in [3.05, 3.63) is 63.3 Å². The second-order valence-corrected chi connectivity index (χ2v) is 11.2. The van der Waals surface area contributed by atoms with E-state index in [2.05, 4.69) is 9.88 Å². The van der Waals surface area contributed by atoms with Crippen LogP contribution in [0.1, 0.15) is 47.8 Å². The molecule has 3 unspecified atom stereocenters. The van der Waals surface area contributed by atoms with Crippen molar-refractivity contribution in [2.24, 2.45) is 5.92 Å². The molecule has 4 aliphatic rings. The summed E-state index contributed by atoms with van der Waals surface area (Å²) < 4.78 is 53.4. The van der Waals surface area contributed by atoms with E-state index < -0.39 is 17.3 Å². The number of rotatable bonds is 7. The van der Waals surface area contributed by atoms with Gasteiger partial charge in [-0.2, -0.15) is 13.2 Å². The molecule has 2 aromatic rings. The smallest absolute Gasteiger partial charge is 0.380 e. The largest absolute Gasteiger partial charge is 0.416 e. The summed E-state index contributed by atoms with van der Waals surface area (Å²) in [4.78, 5) is 34.0. The minimum absolute atomic E-state index is 0.00915. The van der Waals surface area contributed by atoms with E-state index in [1.54, 1.807) is 6.20 Å². The molecule has 11 heteroatoms. The van der Waals surface area contributed by atoms with Crippen LogP contribution >= 0.6 is 0 Å². The molecule has 0 N–H and O–H groups in total. The van der Waals surface area contributed by atoms with Crippen LogP contribution in [0, 0.1) is 5.92 Å². The average Bonchev–Trinajstić information content (AvgIpc) is 3.65. The van der Waals surface area contributed by atoms with Crippen molar-refractivity contribution in [1.82, 2.24) is 19.4 Å². The third-order valence-corrected chi connectivity index (χ3v) is 8.59. The molecule has 1 aliphatic carbocycles. The first-order valence-electron chi connectivity index (χ1n) is 13.7. The SMILES string of the molecule is O=C(CC1CN(C2CCOC2)C[C@@H]1OC1CCc2cnccc21)CN1CCn2c(cc(C(F)(F)F)cc2=O)C1. The van der Waals surface area contributed by atoms with Gasteiger partial charge >= 0.3 is 6.18 Å². The van der Waals surface area contributed by atoms with Gasteiger partial charge in [0.1, 0.15) is 5.78 Å². The average molecular weight is 547 g/mol. The predicted molar refractivity (Wildman–Crippen MR) is 135 cm³/mol. The fourth-order valence-corrected chi connectivity index (χ4v) is 6.58. The zero-order valence-electron chi connectivity index (χ0n) is 21.7. The fraction of sp³-hybridized carbons (Fsp3) is 0.607. The van der Waals surface area contributed by atoms with Crippen LogP contribution in [0.4, 0.5) is 13.2 Å². The highest BCUT2D eigenvalue weighted by Crippen LogP contribution is 2.38. The van der Waals surface area contributed by atoms with Crippen LogP contribution in [0.25, 0.3) is 0 Å². The fourth-order valence-electron chi connectivity index (χ4n) is 6.58. The van der Waals surface area contributed by atoms with Gasteiger partial charge in [0.2, 0.25) is 0 Å². The Kier molecular flexibility index (Phi) is 7.34. The van der Waals surface area contributed by atoms with Gasteiger partial charge in [0, 0.05) is 81.9 Å². The van der Waals surface area contributed by atoms with E-state index in [9.17, 15) is 22.8 Å². The molecule has 5 heterocycles. The van der Waals surface area contributed by atoms with E-state index in [0.29, 0.717) is 31.7 Å². The predicted octanol–water partition coefficient (Wildman–Crippen LogP) is 2.83. The summed E-state index contributed by atoms with van der Waals surface area (Å²) in [6.45, 7) is 3.92. The lowest BCUT2D eigenvalue weighted by Crippen LogP contribution is -2.42. The number of halogens is 3. The number of Topliss-reactive ketones (excluding diaryl/α,β-unsaturated/α-hetero) is 1. The molecule has 2 fully saturated rings. The van der Waals surface area contributed by atoms with Crippen LogP contribution in [0.5, 0.6) is 0 Å². The van der Waals surface area contributed by atoms with Crippen LogP contribution in [-0.4, -0.2) is 76.7 Å². The van der Waals surface area contributed by atoms with Gasteiger partial charge in [-0.25, -0.2) is 0 Å². The summed E-state index contributed by atoms with van der Waals surface area (Å²) in [7, 11) is 0. The number of hydrogen-bond acceptors (Lipinski definition) is 7. The molecule has 0 radical (unpaired) electrons. The van der Waals surface area contributed by atoms with Crippen molar-refractivity contribution in [2.75, 3.05) is 39.4 Å². The van der Waals surface area contributed by atoms with Gasteiger partial charge in [-0.15, -0.1) is 0 Å². The number of likely N-dealkylation sites (tertiary alicyclic amines) is 1. The van der Waals surface area contributed by atoms with Gasteiger partial charge in [0.15, 0.2) is 0 Å². The van der Waals surface area contributed by atoms with Gasteiger partial charge < -0.3 is 14.0 Å². The number of aromatic nitrogens is 2. The third kappa shape index (κ3) is 5.68. The van der Waals surface area contributed by atoms with Crippen LogP contribution in [0.2, 0.25) is 0 Å². The molecule has 39 heavy (non-hydrogen) atoms. The molecule has 0 amide bonds. The molecule has 0 saturated carbocycles. The van der Waals surface area contributed by atoms with Crippen LogP contribution in [-0.2, 0) is 40.0 Å². The van der Waals surface area contributed by atoms with Gasteiger partial charge in [-0.1, -0.05) is 0 Å². The van der Waals surface area contributed by atoms with Crippen LogP contribution < -0.4 is 5.56 Å². The standard InChI is InChI=1S/C28H33F3N4O4/c29-28(30,31)20-10-22-14-33(6-7-35(22)27(37)11-20)15-23(36)9-19-13-34(21-4-8-38-17-21)16-26(19)39-25-2-1-18-12-32-5-3-24(18)25/h3,5,10-12,19,21,25-26H,1-2,4,6-9,13-17H2/t19?,21?,25?,26-/m0/s1. The number of carbonyl (C=O) groups excluding carboxylic acids is 1. The molecule has 6 rings (SSSR count). The molecule has 3 aliphatic heterocycles. The summed E-state index contributed by atoms with van der Waals surface area (Å²) in [6.07, 6.45) is 2.15. The molecule has 0 aromatic carbocycles. The van der Waals surface area contributed by atoms with Crippen molar-refractivity contribution < 1.29 is 27.4 Å². The molecule has 0 spiro atoms. The van der Waals surface area contributed by atoms with Crippen molar-refractivity contribution in [3.63, 3.8) is 0 Å². The molecule has 210 valence electrons. The Labute approximate surface area is 224 Å². The van der Waals surface area contributed by atoms with Crippen molar-refractivity contribution >= 4 is 5.78 Å². The summed E-state index contributed by atoms with van der Waals surface area (Å²) in [5, 5.41) is 0. The van der Waals surface area contributed by atoms with Gasteiger partial charge in [-0.05, 0) is 42.5 Å². The second-order valence-electron chi connectivity index (χ2n) is 11.2. The normalized spacial score (nSPS) is 27.6. The molecule has 8 nitrogen and oxygen atoms in total. The highest BCUT2D eigenvalue weighted by molar-refractivity contribution is 5.80. The maximum Gasteiger partial charge on any atom is 0.416 e. The molecule has 2 aromatic heterocycles. The zero-order chi connectivity index (χ0) is 27.1. The quantitative estimate of drug-likeness (QED) is 0.529. The van der Waals surface area contributed by atoms with E-state index in [1.807, 2.05) is 17.2 Å². The number of carbonyl (C=O) groups is 1. The first-order valence-corrected chi connectivity index (χ1v) is 13.7. The molecule has 0 bridgehead atoms. The molecule has 4 atom stereocenters. The van der Waals surface area contributed by atoms with E-state index in [-0.39, 0.29) is 49.2 Å². The van der Waals surface area contributed by atoms with Crippen molar-refractivity contribution in [3.8, 4) is 0 Å². The number of ketones is 1. The van der Waals surface area contributed by atoms with Crippen molar-refractivity contribution in [1.29, 1.82) is 0 Å². The summed E-state index contributed by atoms with van der Waals surface area (Å²) in [5.41, 5.74) is 1.08. The maximum absolute atomic E-state index is 13.3. The minimum atomic E-state index is -4.59. The lowest BCUT2D eigenvalue weighted by molar-refractivity contribution is -0.138. The molecule has 2 saturated heterocycles. The number of aryl methyl sites for hydroxylation is 1. The van der Waals surface area contributed by atoms with E-state index in [4.69, 9.17) is 9.47 Å². The van der Waals surface area contributed by atoms with Crippen LogP contribution in [0.15, 0.2) is 35.4 Å². The number of nitrogens with zero attached hydrogens (tertiary/aromatic N) is 4. The lowest BCUT2D eigenvalue weighted by Gasteiger charge is -2.30. The summed E-state index contributed by atoms with van der Waals surface area (Å²) in [6, 6.07) is 4.02.